The first-order valence-electron chi connectivity index (χ1n) is 33.2. The fraction of sp³-hybridized carbons (Fsp3) is 0.393. The molecular weight excluding hydrogens is 1150 g/mol. The summed E-state index contributed by atoms with van der Waals surface area (Å²) in [7, 11) is 0. The lowest BCUT2D eigenvalue weighted by atomic mass is 9.79. The van der Waals surface area contributed by atoms with Gasteiger partial charge in [0.05, 0.1) is 17.1 Å². The van der Waals surface area contributed by atoms with Crippen molar-refractivity contribution < 1.29 is 29.5 Å². The first-order chi connectivity index (χ1) is 43.6. The predicted octanol–water partition coefficient (Wildman–Crippen LogP) is 19.4. The molecule has 0 atom stereocenters. The van der Waals surface area contributed by atoms with E-state index >= 15 is 0 Å². The summed E-state index contributed by atoms with van der Waals surface area (Å²) in [5.41, 5.74) is 17.1. The van der Waals surface area contributed by atoms with Crippen LogP contribution in [-0.4, -0.2) is 30.3 Å². The quantitative estimate of drug-likeness (QED) is 0.129. The maximum atomic E-state index is 13.2. The number of ether oxygens (including phenoxy) is 3. The first kappa shape index (κ1) is 67.5. The summed E-state index contributed by atoms with van der Waals surface area (Å²) in [6.07, 6.45) is 7.41. The van der Waals surface area contributed by atoms with Crippen LogP contribution in [0.4, 0.5) is 0 Å². The summed E-state index contributed by atoms with van der Waals surface area (Å²) < 4.78 is 21.5. The number of phenolic OH excluding ortho intramolecular Hbond substituents is 3. The van der Waals surface area contributed by atoms with Crippen LogP contribution in [0.15, 0.2) is 146 Å². The van der Waals surface area contributed by atoms with Crippen molar-refractivity contribution >= 4 is 0 Å². The van der Waals surface area contributed by atoms with Crippen LogP contribution < -0.4 is 14.2 Å². The van der Waals surface area contributed by atoms with Crippen LogP contribution in [0.25, 0.3) is 0 Å². The first-order valence-corrected chi connectivity index (χ1v) is 33.2. The zero-order chi connectivity index (χ0) is 67.2. The largest absolute Gasteiger partial charge is 0.507 e. The van der Waals surface area contributed by atoms with E-state index in [1.807, 2.05) is 54.6 Å². The summed E-state index contributed by atoms with van der Waals surface area (Å²) in [6.45, 7) is 40.7. The second-order valence-electron chi connectivity index (χ2n) is 32.2. The Labute approximate surface area is 554 Å². The summed E-state index contributed by atoms with van der Waals surface area (Å²) in [4.78, 5) is 14.2. The Bertz CT molecular complexity index is 3590. The van der Waals surface area contributed by atoms with Crippen molar-refractivity contribution in [2.75, 3.05) is 0 Å². The molecule has 9 aromatic rings. The Morgan fingerprint density at radius 1 is 0.269 bits per heavy atom. The van der Waals surface area contributed by atoms with Gasteiger partial charge in [-0.15, -0.1) is 0 Å². The number of nitrogens with zero attached hydrogens (tertiary/aromatic N) is 3. The molecule has 0 spiro atoms. The monoisotopic (exact) mass is 1250 g/mol. The second kappa shape index (κ2) is 26.2. The third kappa shape index (κ3) is 16.0. The van der Waals surface area contributed by atoms with Crippen LogP contribution in [0.3, 0.4) is 0 Å². The topological polar surface area (TPSA) is 127 Å². The standard InChI is InChI=1S/C84H99N3O6/c1-79(2,3)64-37-52-31-58-43-67(82(10,11)12)45-60(76(58)91-49-70-25-19-22-28-85-70)33-54-39-65(80(4,5)6)41-56(74(54)89)35-62-47-69(84(16,17)18)48-63(78(62)93-51-72-27-21-24-30-87-72)36-57-42-66(81(7,8)9)40-55(75(57)90)34-61-46-68(83(13,14)15)44-59(32-53(38-64)73(52)88)77(61)92-50-71-26-20-23-29-86-71/h19-30,37-48,88-90H,31-36,49-51H2,1-18H3. The van der Waals surface area contributed by atoms with E-state index in [1.165, 1.54) is 0 Å². The van der Waals surface area contributed by atoms with Crippen LogP contribution in [0.2, 0.25) is 0 Å². The fourth-order valence-corrected chi connectivity index (χ4v) is 12.4. The van der Waals surface area contributed by atoms with Gasteiger partial charge in [-0.1, -0.05) is 216 Å². The molecule has 10 rings (SSSR count). The van der Waals surface area contributed by atoms with Crippen molar-refractivity contribution in [3.63, 3.8) is 0 Å². The van der Waals surface area contributed by atoms with Crippen molar-refractivity contribution in [1.29, 1.82) is 0 Å². The number of aromatic nitrogens is 3. The normalized spacial score (nSPS) is 13.5. The van der Waals surface area contributed by atoms with Gasteiger partial charge in [-0.25, -0.2) is 0 Å². The van der Waals surface area contributed by atoms with Gasteiger partial charge in [-0.2, -0.15) is 0 Å². The number of benzene rings is 6. The number of hydrogen-bond donors (Lipinski definition) is 3. The zero-order valence-electron chi connectivity index (χ0n) is 58.6. The molecule has 93 heavy (non-hydrogen) atoms. The third-order valence-electron chi connectivity index (χ3n) is 18.3. The van der Waals surface area contributed by atoms with Crippen molar-refractivity contribution in [1.82, 2.24) is 15.0 Å². The van der Waals surface area contributed by atoms with Gasteiger partial charge in [0.15, 0.2) is 0 Å². The number of phenols is 3. The lowest BCUT2D eigenvalue weighted by Crippen LogP contribution is -2.16. The van der Waals surface area contributed by atoms with Crippen LogP contribution in [-0.2, 0) is 90.8 Å². The van der Waals surface area contributed by atoms with Crippen LogP contribution in [0, 0.1) is 0 Å². The SMILES string of the molecule is CC(C)(C)c1cc2c(O)c(c1)Cc1cc(C(C)(C)C)cc(c1OCc1ccccn1)Cc1cc(C(C)(C)C)cc(c1O)Cc1cc(C(C)(C)C)cc(c1OCc1ccccn1)Cc1cc(C(C)(C)C)cc(c1O)Cc1cc(C(C)(C)C)cc(c1OCc1ccccn1)C2. The number of pyridine rings is 3. The minimum atomic E-state index is -0.311. The average Bonchev–Trinajstić information content (AvgIpc) is 0.786. The highest BCUT2D eigenvalue weighted by Gasteiger charge is 2.31. The van der Waals surface area contributed by atoms with Gasteiger partial charge in [0.1, 0.15) is 54.3 Å². The van der Waals surface area contributed by atoms with Gasteiger partial charge in [0.2, 0.25) is 0 Å². The molecule has 0 unspecified atom stereocenters. The van der Waals surface area contributed by atoms with E-state index in [4.69, 9.17) is 29.2 Å². The molecule has 3 aromatic heterocycles. The van der Waals surface area contributed by atoms with Gasteiger partial charge >= 0.3 is 0 Å². The van der Waals surface area contributed by atoms with Gasteiger partial charge in [0, 0.05) is 57.1 Å². The van der Waals surface area contributed by atoms with Crippen LogP contribution in [0.5, 0.6) is 34.5 Å². The Morgan fingerprint density at radius 3 is 0.591 bits per heavy atom. The molecule has 1 aliphatic carbocycles. The van der Waals surface area contributed by atoms with Crippen molar-refractivity contribution in [3.05, 3.63) is 263 Å². The lowest BCUT2D eigenvalue weighted by Gasteiger charge is -2.28. The highest BCUT2D eigenvalue weighted by Crippen LogP contribution is 2.46. The zero-order valence-corrected chi connectivity index (χ0v) is 58.6. The second-order valence-corrected chi connectivity index (χ2v) is 32.2. The smallest absolute Gasteiger partial charge is 0.130 e. The maximum Gasteiger partial charge on any atom is 0.130 e. The number of hydrogen-bond acceptors (Lipinski definition) is 9. The molecule has 0 saturated heterocycles. The molecule has 0 amide bonds. The van der Waals surface area contributed by atoms with Crippen molar-refractivity contribution in [2.45, 2.75) is 215 Å². The van der Waals surface area contributed by atoms with Gasteiger partial charge in [0.25, 0.3) is 0 Å². The van der Waals surface area contributed by atoms with E-state index in [0.29, 0.717) is 55.8 Å². The van der Waals surface area contributed by atoms with E-state index in [0.717, 1.165) is 117 Å². The summed E-state index contributed by atoms with van der Waals surface area (Å²) in [6, 6.07) is 44.2. The number of aromatic hydroxyl groups is 3. The van der Waals surface area contributed by atoms with E-state index in [-0.39, 0.29) is 69.6 Å². The Hall–Kier alpha value is -8.43. The molecule has 3 N–H and O–H groups in total. The molecule has 0 aliphatic heterocycles. The van der Waals surface area contributed by atoms with Gasteiger partial charge in [-0.3, -0.25) is 15.0 Å². The molecule has 6 aromatic carbocycles. The molecule has 3 heterocycles. The summed E-state index contributed by atoms with van der Waals surface area (Å²) in [5.74, 6) is 2.68. The molecule has 0 fully saturated rings. The van der Waals surface area contributed by atoms with Crippen molar-refractivity contribution in [2.24, 2.45) is 0 Å². The molecule has 1 aliphatic rings. The molecule has 0 saturated carbocycles. The van der Waals surface area contributed by atoms with Crippen LogP contribution >= 0.6 is 0 Å². The maximum absolute atomic E-state index is 13.2. The lowest BCUT2D eigenvalue weighted by molar-refractivity contribution is 0.295. The minimum absolute atomic E-state index is 0.203. The van der Waals surface area contributed by atoms with E-state index in [1.54, 1.807) is 18.6 Å². The summed E-state index contributed by atoms with van der Waals surface area (Å²) >= 11 is 0. The van der Waals surface area contributed by atoms with E-state index in [2.05, 4.69) is 197 Å². The van der Waals surface area contributed by atoms with E-state index < -0.39 is 0 Å². The minimum Gasteiger partial charge on any atom is -0.507 e. The predicted molar refractivity (Wildman–Crippen MR) is 378 cm³/mol. The molecular formula is C84H99N3O6. The van der Waals surface area contributed by atoms with Gasteiger partial charge in [-0.05, 0) is 169 Å². The average molecular weight is 1250 g/mol. The highest BCUT2D eigenvalue weighted by atomic mass is 16.5. The summed E-state index contributed by atoms with van der Waals surface area (Å²) in [5, 5.41) is 39.7. The number of rotatable bonds is 9. The van der Waals surface area contributed by atoms with E-state index in [9.17, 15) is 15.3 Å². The van der Waals surface area contributed by atoms with Crippen molar-refractivity contribution in [3.8, 4) is 34.5 Å². The van der Waals surface area contributed by atoms with Crippen LogP contribution in [0.1, 0.15) is 242 Å². The molecule has 486 valence electrons. The Balaban J connectivity index is 1.31. The molecule has 9 heteroatoms. The number of fused-ring (bicyclic) bond motifs is 12. The highest BCUT2D eigenvalue weighted by molar-refractivity contribution is 5.61. The molecule has 9 nitrogen and oxygen atoms in total. The Kier molecular flexibility index (Phi) is 19.0. The van der Waals surface area contributed by atoms with Gasteiger partial charge < -0.3 is 29.5 Å². The fourth-order valence-electron chi connectivity index (χ4n) is 12.4. The Morgan fingerprint density at radius 2 is 0.441 bits per heavy atom. The third-order valence-corrected chi connectivity index (χ3v) is 18.3. The molecule has 12 bridgehead atoms. The molecule has 0 radical (unpaired) electrons.